The van der Waals surface area contributed by atoms with E-state index in [1.807, 2.05) is 18.2 Å². The van der Waals surface area contributed by atoms with Crippen molar-refractivity contribution < 1.29 is 18.4 Å². The fourth-order valence-electron chi connectivity index (χ4n) is 5.86. The van der Waals surface area contributed by atoms with Gasteiger partial charge in [0.05, 0.1) is 23.7 Å². The zero-order valence-electron chi connectivity index (χ0n) is 22.1. The summed E-state index contributed by atoms with van der Waals surface area (Å²) in [5.41, 5.74) is 9.92. The second kappa shape index (κ2) is 12.4. The van der Waals surface area contributed by atoms with Gasteiger partial charge in [0.2, 0.25) is 5.91 Å². The quantitative estimate of drug-likeness (QED) is 0.333. The smallest absolute Gasteiger partial charge is 0.267 e. The number of aryl methyl sites for hydroxylation is 1. The van der Waals surface area contributed by atoms with E-state index in [9.17, 15) is 18.4 Å². The standard InChI is InChI=1S/C29H42F2N4O2/c1-2-3-4-5-6-7-8-9-16-33-27(36)22-12-10-11-21-23-18-20(13-14-24(23)34-26(21)22)25(32)28(37)35-17-15-29(30,31)19-35/h10-12,20,25,34H,2-9,13-19,32H2,1H3,(H,33,36)/t20?,25-/m0/s1. The zero-order chi connectivity index (χ0) is 26.4. The molecule has 1 unspecified atom stereocenters. The van der Waals surface area contributed by atoms with Crippen molar-refractivity contribution in [2.75, 3.05) is 19.6 Å². The number of nitrogens with zero attached hydrogens (tertiary/aromatic N) is 1. The lowest BCUT2D eigenvalue weighted by molar-refractivity contribution is -0.134. The number of carbonyl (C=O) groups is 2. The summed E-state index contributed by atoms with van der Waals surface area (Å²) in [5.74, 6) is -3.40. The number of alkyl halides is 2. The van der Waals surface area contributed by atoms with E-state index in [4.69, 9.17) is 5.73 Å². The molecular formula is C29H42F2N4O2. The first kappa shape index (κ1) is 27.6. The molecule has 2 aliphatic rings. The van der Waals surface area contributed by atoms with Crippen LogP contribution in [-0.4, -0.2) is 53.3 Å². The van der Waals surface area contributed by atoms with Crippen molar-refractivity contribution in [2.45, 2.75) is 95.9 Å². The van der Waals surface area contributed by atoms with Crippen molar-refractivity contribution in [1.29, 1.82) is 0 Å². The molecule has 4 rings (SSSR count). The SMILES string of the molecule is CCCCCCCCCCNC(=O)c1cccc2c3c([nH]c12)CCC([C@H](N)C(=O)N1CCC(F)(F)C1)C3. The first-order valence-electron chi connectivity index (χ1n) is 14.1. The minimum absolute atomic E-state index is 0.0576. The molecule has 2 amide bonds. The van der Waals surface area contributed by atoms with E-state index >= 15 is 0 Å². The van der Waals surface area contributed by atoms with Gasteiger partial charge in [-0.1, -0.05) is 64.0 Å². The lowest BCUT2D eigenvalue weighted by Crippen LogP contribution is -2.48. The molecule has 0 bridgehead atoms. The average molecular weight is 517 g/mol. The molecule has 1 aliphatic carbocycles. The molecule has 1 fully saturated rings. The van der Waals surface area contributed by atoms with Gasteiger partial charge in [0, 0.05) is 30.6 Å². The number of unbranched alkanes of at least 4 members (excludes halogenated alkanes) is 7. The molecule has 1 aromatic carbocycles. The first-order chi connectivity index (χ1) is 17.8. The summed E-state index contributed by atoms with van der Waals surface area (Å²) in [6, 6.07) is 4.93. The number of hydrogen-bond acceptors (Lipinski definition) is 3. The number of aromatic nitrogens is 1. The molecule has 6 nitrogen and oxygen atoms in total. The van der Waals surface area contributed by atoms with E-state index in [0.717, 1.165) is 35.0 Å². The Hall–Kier alpha value is -2.48. The van der Waals surface area contributed by atoms with Crippen LogP contribution in [-0.2, 0) is 17.6 Å². The summed E-state index contributed by atoms with van der Waals surface area (Å²) >= 11 is 0. The number of amides is 2. The van der Waals surface area contributed by atoms with Crippen LogP contribution in [0.15, 0.2) is 18.2 Å². The Morgan fingerprint density at radius 3 is 2.59 bits per heavy atom. The van der Waals surface area contributed by atoms with Gasteiger partial charge in [0.15, 0.2) is 0 Å². The number of halogens is 2. The van der Waals surface area contributed by atoms with Gasteiger partial charge in [-0.3, -0.25) is 9.59 Å². The molecule has 2 aromatic rings. The van der Waals surface area contributed by atoms with Gasteiger partial charge >= 0.3 is 0 Å². The van der Waals surface area contributed by atoms with Gasteiger partial charge in [0.25, 0.3) is 11.8 Å². The Kier molecular flexibility index (Phi) is 9.22. The van der Waals surface area contributed by atoms with E-state index in [2.05, 4.69) is 17.2 Å². The van der Waals surface area contributed by atoms with Crippen LogP contribution in [0.25, 0.3) is 10.9 Å². The van der Waals surface area contributed by atoms with Crippen LogP contribution in [0.4, 0.5) is 8.78 Å². The average Bonchev–Trinajstić information content (AvgIpc) is 3.45. The molecule has 4 N–H and O–H groups in total. The number of rotatable bonds is 12. The molecule has 0 radical (unpaired) electrons. The molecule has 1 aromatic heterocycles. The second-order valence-corrected chi connectivity index (χ2v) is 10.9. The summed E-state index contributed by atoms with van der Waals surface area (Å²) in [7, 11) is 0. The van der Waals surface area contributed by atoms with Gasteiger partial charge in [-0.25, -0.2) is 8.78 Å². The summed E-state index contributed by atoms with van der Waals surface area (Å²) < 4.78 is 27.2. The summed E-state index contributed by atoms with van der Waals surface area (Å²) in [6.45, 7) is 2.41. The predicted molar refractivity (Wildman–Crippen MR) is 143 cm³/mol. The third kappa shape index (κ3) is 6.70. The number of hydrogen-bond donors (Lipinski definition) is 3. The van der Waals surface area contributed by atoms with Crippen molar-refractivity contribution in [3.05, 3.63) is 35.0 Å². The fraction of sp³-hybridized carbons (Fsp3) is 0.655. The van der Waals surface area contributed by atoms with Crippen molar-refractivity contribution >= 4 is 22.7 Å². The molecule has 8 heteroatoms. The molecule has 0 spiro atoms. The summed E-state index contributed by atoms with van der Waals surface area (Å²) in [4.78, 5) is 30.5. The van der Waals surface area contributed by atoms with Crippen LogP contribution >= 0.6 is 0 Å². The van der Waals surface area contributed by atoms with Crippen molar-refractivity contribution in [3.63, 3.8) is 0 Å². The number of H-pyrrole nitrogens is 1. The van der Waals surface area contributed by atoms with Crippen LogP contribution < -0.4 is 11.1 Å². The lowest BCUT2D eigenvalue weighted by Gasteiger charge is -2.30. The van der Waals surface area contributed by atoms with Gasteiger partial charge in [-0.15, -0.1) is 0 Å². The Bertz CT molecular complexity index is 1080. The van der Waals surface area contributed by atoms with E-state index in [1.54, 1.807) is 0 Å². The van der Waals surface area contributed by atoms with Crippen molar-refractivity contribution in [2.24, 2.45) is 11.7 Å². The highest BCUT2D eigenvalue weighted by Crippen LogP contribution is 2.35. The number of benzene rings is 1. The third-order valence-electron chi connectivity index (χ3n) is 8.10. The largest absolute Gasteiger partial charge is 0.358 e. The number of aromatic amines is 1. The highest BCUT2D eigenvalue weighted by Gasteiger charge is 2.43. The van der Waals surface area contributed by atoms with Gasteiger partial charge in [-0.05, 0) is 43.2 Å². The molecule has 2 atom stereocenters. The van der Waals surface area contributed by atoms with E-state index in [1.165, 1.54) is 43.4 Å². The monoisotopic (exact) mass is 516 g/mol. The van der Waals surface area contributed by atoms with E-state index in [0.29, 0.717) is 31.4 Å². The fourth-order valence-corrected chi connectivity index (χ4v) is 5.86. The molecule has 1 saturated heterocycles. The van der Waals surface area contributed by atoms with Crippen LogP contribution in [0.1, 0.15) is 92.7 Å². The molecule has 37 heavy (non-hydrogen) atoms. The summed E-state index contributed by atoms with van der Waals surface area (Å²) in [6.07, 6.45) is 11.5. The van der Waals surface area contributed by atoms with Crippen LogP contribution in [0.3, 0.4) is 0 Å². The Balaban J connectivity index is 1.33. The minimum atomic E-state index is -2.82. The van der Waals surface area contributed by atoms with E-state index in [-0.39, 0.29) is 30.7 Å². The molecule has 0 saturated carbocycles. The lowest BCUT2D eigenvalue weighted by atomic mass is 9.81. The van der Waals surface area contributed by atoms with Crippen LogP contribution in [0, 0.1) is 5.92 Å². The van der Waals surface area contributed by atoms with E-state index < -0.39 is 18.5 Å². The maximum Gasteiger partial charge on any atom is 0.267 e. The number of fused-ring (bicyclic) bond motifs is 3. The van der Waals surface area contributed by atoms with Crippen LogP contribution in [0.2, 0.25) is 0 Å². The second-order valence-electron chi connectivity index (χ2n) is 10.9. The maximum absolute atomic E-state index is 13.6. The van der Waals surface area contributed by atoms with Crippen molar-refractivity contribution in [3.8, 4) is 0 Å². The predicted octanol–water partition coefficient (Wildman–Crippen LogP) is 5.34. The highest BCUT2D eigenvalue weighted by atomic mass is 19.3. The minimum Gasteiger partial charge on any atom is -0.358 e. The Morgan fingerprint density at radius 2 is 1.89 bits per heavy atom. The molecule has 1 aliphatic heterocycles. The Labute approximate surface area is 218 Å². The molecular weight excluding hydrogens is 474 g/mol. The Morgan fingerprint density at radius 1 is 1.16 bits per heavy atom. The number of carbonyl (C=O) groups excluding carboxylic acids is 2. The zero-order valence-corrected chi connectivity index (χ0v) is 22.1. The number of nitrogens with one attached hydrogen (secondary N) is 2. The topological polar surface area (TPSA) is 91.2 Å². The first-order valence-corrected chi connectivity index (χ1v) is 14.1. The third-order valence-corrected chi connectivity index (χ3v) is 8.10. The number of para-hydroxylation sites is 1. The highest BCUT2D eigenvalue weighted by molar-refractivity contribution is 6.06. The molecule has 204 valence electrons. The normalized spacial score (nSPS) is 19.7. The number of nitrogens with two attached hydrogens (primary N) is 1. The van der Waals surface area contributed by atoms with Crippen molar-refractivity contribution in [1.82, 2.24) is 15.2 Å². The van der Waals surface area contributed by atoms with Gasteiger partial charge in [0.1, 0.15) is 0 Å². The summed E-state index contributed by atoms with van der Waals surface area (Å²) in [5, 5.41) is 4.05. The van der Waals surface area contributed by atoms with Crippen LogP contribution in [0.5, 0.6) is 0 Å². The number of likely N-dealkylation sites (tertiary alicyclic amines) is 1. The maximum atomic E-state index is 13.6. The van der Waals surface area contributed by atoms with Gasteiger partial charge in [-0.2, -0.15) is 0 Å². The van der Waals surface area contributed by atoms with Gasteiger partial charge < -0.3 is 20.9 Å². The molecule has 2 heterocycles.